The Morgan fingerprint density at radius 1 is 1.69 bits per heavy atom. The van der Waals surface area contributed by atoms with E-state index in [4.69, 9.17) is 4.74 Å². The monoisotopic (exact) mass is 184 g/mol. The summed E-state index contributed by atoms with van der Waals surface area (Å²) < 4.78 is 5.07. The van der Waals surface area contributed by atoms with Gasteiger partial charge in [-0.05, 0) is 13.0 Å². The number of hydrogen-bond donors (Lipinski definition) is 2. The number of H-pyrrole nitrogens is 1. The fourth-order valence-electron chi connectivity index (χ4n) is 1.10. The van der Waals surface area contributed by atoms with Crippen molar-refractivity contribution in [3.8, 4) is 0 Å². The summed E-state index contributed by atoms with van der Waals surface area (Å²) in [7, 11) is 1.68. The number of nitrogens with one attached hydrogen (secondary N) is 2. The molecule has 1 aromatic rings. The van der Waals surface area contributed by atoms with E-state index in [1.807, 2.05) is 0 Å². The molecule has 0 radical (unpaired) electrons. The summed E-state index contributed by atoms with van der Waals surface area (Å²) in [5, 5.41) is 9.94. The van der Waals surface area contributed by atoms with E-state index >= 15 is 0 Å². The van der Waals surface area contributed by atoms with Crippen LogP contribution in [0, 0.1) is 0 Å². The Labute approximate surface area is 77.9 Å². The maximum Gasteiger partial charge on any atom is 0.143 e. The highest BCUT2D eigenvalue weighted by Crippen LogP contribution is 2.05. The summed E-state index contributed by atoms with van der Waals surface area (Å²) in [6.45, 7) is 3.68. The van der Waals surface area contributed by atoms with Crippen LogP contribution in [0.3, 0.4) is 0 Å². The molecular formula is C8H16N4O. The number of methoxy groups -OCH3 is 1. The quantitative estimate of drug-likeness (QED) is 0.675. The third-order valence-corrected chi connectivity index (χ3v) is 1.74. The molecule has 0 aliphatic carbocycles. The van der Waals surface area contributed by atoms with Gasteiger partial charge in [-0.1, -0.05) is 6.92 Å². The van der Waals surface area contributed by atoms with Crippen LogP contribution in [0.1, 0.15) is 25.2 Å². The minimum atomic E-state index is 0.118. The Hall–Kier alpha value is -0.940. The molecule has 5 heteroatoms. The molecule has 74 valence electrons. The lowest BCUT2D eigenvalue weighted by Crippen LogP contribution is -2.26. The Bertz CT molecular complexity index is 212. The summed E-state index contributed by atoms with van der Waals surface area (Å²) in [5.41, 5.74) is 0. The molecule has 5 nitrogen and oxygen atoms in total. The molecule has 0 aliphatic heterocycles. The van der Waals surface area contributed by atoms with Gasteiger partial charge < -0.3 is 10.1 Å². The van der Waals surface area contributed by atoms with Gasteiger partial charge in [-0.2, -0.15) is 5.10 Å². The van der Waals surface area contributed by atoms with Crippen molar-refractivity contribution in [1.82, 2.24) is 20.5 Å². The summed E-state index contributed by atoms with van der Waals surface area (Å²) in [6.07, 6.45) is 2.60. The second kappa shape index (κ2) is 5.66. The zero-order valence-electron chi connectivity index (χ0n) is 8.08. The molecule has 0 saturated heterocycles. The van der Waals surface area contributed by atoms with Crippen molar-refractivity contribution in [2.75, 3.05) is 20.3 Å². The molecule has 1 atom stereocenters. The van der Waals surface area contributed by atoms with E-state index in [-0.39, 0.29) is 6.04 Å². The second-order valence-electron chi connectivity index (χ2n) is 2.83. The zero-order chi connectivity index (χ0) is 9.52. The highest BCUT2D eigenvalue weighted by atomic mass is 16.5. The summed E-state index contributed by atoms with van der Waals surface area (Å²) in [4.78, 5) is 4.08. The van der Waals surface area contributed by atoms with E-state index in [1.165, 1.54) is 6.33 Å². The molecule has 0 aliphatic rings. The Kier molecular flexibility index (Phi) is 4.42. The van der Waals surface area contributed by atoms with Crippen LogP contribution in [0.5, 0.6) is 0 Å². The van der Waals surface area contributed by atoms with Crippen molar-refractivity contribution in [3.63, 3.8) is 0 Å². The van der Waals surface area contributed by atoms with Crippen LogP contribution in [0.2, 0.25) is 0 Å². The van der Waals surface area contributed by atoms with Crippen LogP contribution in [0.15, 0.2) is 6.33 Å². The van der Waals surface area contributed by atoms with Gasteiger partial charge >= 0.3 is 0 Å². The smallest absolute Gasteiger partial charge is 0.143 e. The van der Waals surface area contributed by atoms with Gasteiger partial charge in [0, 0.05) is 7.11 Å². The fraction of sp³-hybridized carbons (Fsp3) is 0.750. The van der Waals surface area contributed by atoms with Gasteiger partial charge in [-0.3, -0.25) is 5.10 Å². The third kappa shape index (κ3) is 3.12. The van der Waals surface area contributed by atoms with Crippen molar-refractivity contribution < 1.29 is 4.74 Å². The highest BCUT2D eigenvalue weighted by Gasteiger charge is 2.12. The molecule has 1 rings (SSSR count). The lowest BCUT2D eigenvalue weighted by Gasteiger charge is -2.14. The van der Waals surface area contributed by atoms with Crippen molar-refractivity contribution in [1.29, 1.82) is 0 Å². The topological polar surface area (TPSA) is 62.8 Å². The van der Waals surface area contributed by atoms with Gasteiger partial charge in [0.05, 0.1) is 12.6 Å². The van der Waals surface area contributed by atoms with Gasteiger partial charge in [0.2, 0.25) is 0 Å². The predicted molar refractivity (Wildman–Crippen MR) is 49.3 cm³/mol. The summed E-state index contributed by atoms with van der Waals surface area (Å²) in [6, 6.07) is 0.118. The van der Waals surface area contributed by atoms with Gasteiger partial charge in [0.1, 0.15) is 12.2 Å². The van der Waals surface area contributed by atoms with Gasteiger partial charge in [0.25, 0.3) is 0 Å². The largest absolute Gasteiger partial charge is 0.383 e. The third-order valence-electron chi connectivity index (χ3n) is 1.74. The minimum Gasteiger partial charge on any atom is -0.383 e. The Morgan fingerprint density at radius 2 is 2.54 bits per heavy atom. The average Bonchev–Trinajstić information content (AvgIpc) is 2.65. The normalized spacial score (nSPS) is 13.1. The predicted octanol–water partition coefficient (Wildman–Crippen LogP) is 0.492. The molecule has 0 spiro atoms. The second-order valence-corrected chi connectivity index (χ2v) is 2.83. The van der Waals surface area contributed by atoms with Crippen LogP contribution < -0.4 is 5.32 Å². The van der Waals surface area contributed by atoms with Crippen LogP contribution in [0.4, 0.5) is 0 Å². The van der Waals surface area contributed by atoms with Crippen molar-refractivity contribution in [2.24, 2.45) is 0 Å². The molecule has 0 amide bonds. The number of hydrogen-bond acceptors (Lipinski definition) is 4. The highest BCUT2D eigenvalue weighted by molar-refractivity contribution is 4.90. The lowest BCUT2D eigenvalue weighted by atomic mass is 10.3. The van der Waals surface area contributed by atoms with Crippen LogP contribution >= 0.6 is 0 Å². The van der Waals surface area contributed by atoms with E-state index in [0.717, 1.165) is 18.8 Å². The Balaban J connectivity index is 2.47. The van der Waals surface area contributed by atoms with Crippen molar-refractivity contribution >= 4 is 0 Å². The van der Waals surface area contributed by atoms with Gasteiger partial charge in [-0.25, -0.2) is 4.98 Å². The molecule has 2 N–H and O–H groups in total. The average molecular weight is 184 g/mol. The molecule has 1 aromatic heterocycles. The number of nitrogens with zero attached hydrogens (tertiary/aromatic N) is 2. The first-order valence-corrected chi connectivity index (χ1v) is 4.46. The molecule has 0 aromatic carbocycles. The van der Waals surface area contributed by atoms with Crippen LogP contribution in [0.25, 0.3) is 0 Å². The van der Waals surface area contributed by atoms with E-state index in [1.54, 1.807) is 7.11 Å². The molecule has 0 fully saturated rings. The fourth-order valence-corrected chi connectivity index (χ4v) is 1.10. The van der Waals surface area contributed by atoms with Crippen LogP contribution in [-0.2, 0) is 4.74 Å². The molecule has 13 heavy (non-hydrogen) atoms. The van der Waals surface area contributed by atoms with E-state index in [2.05, 4.69) is 27.4 Å². The van der Waals surface area contributed by atoms with E-state index < -0.39 is 0 Å². The standard InChI is InChI=1S/C8H16N4O/c1-3-4-9-7(5-13-2)8-10-6-11-12-8/h6-7,9H,3-5H2,1-2H3,(H,10,11,12). The molecule has 0 saturated carbocycles. The van der Waals surface area contributed by atoms with Crippen molar-refractivity contribution in [2.45, 2.75) is 19.4 Å². The van der Waals surface area contributed by atoms with Gasteiger partial charge in [-0.15, -0.1) is 0 Å². The first-order chi connectivity index (χ1) is 6.38. The van der Waals surface area contributed by atoms with Crippen LogP contribution in [-0.4, -0.2) is 35.4 Å². The number of aromatic amines is 1. The SMILES string of the molecule is CCCNC(COC)c1ncn[nH]1. The molecule has 1 heterocycles. The maximum absolute atomic E-state index is 5.07. The van der Waals surface area contributed by atoms with Gasteiger partial charge in [0.15, 0.2) is 0 Å². The first kappa shape index (κ1) is 10.1. The summed E-state index contributed by atoms with van der Waals surface area (Å²) in [5.74, 6) is 0.829. The minimum absolute atomic E-state index is 0.118. The molecule has 0 bridgehead atoms. The lowest BCUT2D eigenvalue weighted by molar-refractivity contribution is 0.164. The summed E-state index contributed by atoms with van der Waals surface area (Å²) >= 11 is 0. The first-order valence-electron chi connectivity index (χ1n) is 4.46. The van der Waals surface area contributed by atoms with Crippen molar-refractivity contribution in [3.05, 3.63) is 12.2 Å². The Morgan fingerprint density at radius 3 is 3.08 bits per heavy atom. The van der Waals surface area contributed by atoms with E-state index in [9.17, 15) is 0 Å². The number of ether oxygens (including phenoxy) is 1. The van der Waals surface area contributed by atoms with E-state index in [0.29, 0.717) is 6.61 Å². The molecular weight excluding hydrogens is 168 g/mol. The zero-order valence-corrected chi connectivity index (χ0v) is 8.08. The number of aromatic nitrogens is 3. The number of rotatable bonds is 6. The maximum atomic E-state index is 5.07. The molecule has 1 unspecified atom stereocenters.